The number of sulfonamides is 1. The first-order valence-corrected chi connectivity index (χ1v) is 12.5. The van der Waals surface area contributed by atoms with E-state index in [-0.39, 0.29) is 47.3 Å². The molecular weight excluding hydrogens is 458 g/mol. The maximum atomic E-state index is 13.2. The molecule has 0 spiro atoms. The van der Waals surface area contributed by atoms with Gasteiger partial charge in [0.2, 0.25) is 16.0 Å². The van der Waals surface area contributed by atoms with Crippen LogP contribution in [0.15, 0.2) is 58.2 Å². The lowest BCUT2D eigenvalue weighted by molar-refractivity contribution is -0.0440. The maximum absolute atomic E-state index is 13.2. The first-order valence-electron chi connectivity index (χ1n) is 11.0. The molecule has 2 heterocycles. The molecule has 0 saturated carbocycles. The highest BCUT2D eigenvalue weighted by atomic mass is 32.2. The molecule has 4 rings (SSSR count). The van der Waals surface area contributed by atoms with Crippen LogP contribution in [0.2, 0.25) is 0 Å². The fourth-order valence-corrected chi connectivity index (χ4v) is 5.65. The number of morpholine rings is 1. The van der Waals surface area contributed by atoms with E-state index in [0.29, 0.717) is 17.4 Å². The second-order valence-corrected chi connectivity index (χ2v) is 10.1. The Morgan fingerprint density at radius 1 is 1.12 bits per heavy atom. The molecule has 34 heavy (non-hydrogen) atoms. The number of hydrogen-bond donors (Lipinski definition) is 2. The Morgan fingerprint density at radius 3 is 2.53 bits per heavy atom. The van der Waals surface area contributed by atoms with Gasteiger partial charge in [0.1, 0.15) is 0 Å². The lowest BCUT2D eigenvalue weighted by Gasteiger charge is -2.34. The number of aromatic nitrogens is 2. The molecule has 2 unspecified atom stereocenters. The minimum Gasteiger partial charge on any atom is -0.373 e. The van der Waals surface area contributed by atoms with Crippen LogP contribution in [0.4, 0.5) is 5.95 Å². The zero-order chi connectivity index (χ0) is 24.5. The van der Waals surface area contributed by atoms with Crippen molar-refractivity contribution in [3.05, 3.63) is 64.4 Å². The highest BCUT2D eigenvalue weighted by Crippen LogP contribution is 2.22. The smallest absolute Gasteiger partial charge is 0.269 e. The highest BCUT2D eigenvalue weighted by Gasteiger charge is 2.32. The van der Waals surface area contributed by atoms with Gasteiger partial charge in [-0.05, 0) is 51.1 Å². The number of hydrogen-bond acceptors (Lipinski definition) is 7. The molecule has 180 valence electrons. The molecule has 10 nitrogen and oxygen atoms in total. The summed E-state index contributed by atoms with van der Waals surface area (Å²) in [5, 5.41) is 0.478. The zero-order valence-electron chi connectivity index (χ0n) is 19.2. The largest absolute Gasteiger partial charge is 0.373 e. The molecule has 0 bridgehead atoms. The van der Waals surface area contributed by atoms with Crippen LogP contribution in [-0.2, 0) is 21.3 Å². The van der Waals surface area contributed by atoms with Crippen molar-refractivity contribution in [3.63, 3.8) is 0 Å². The van der Waals surface area contributed by atoms with Crippen molar-refractivity contribution < 1.29 is 17.9 Å². The lowest BCUT2D eigenvalue weighted by Crippen LogP contribution is -2.48. The minimum atomic E-state index is -3.80. The predicted octanol–water partition coefficient (Wildman–Crippen LogP) is 1.97. The van der Waals surface area contributed by atoms with Gasteiger partial charge < -0.3 is 4.74 Å². The van der Waals surface area contributed by atoms with Crippen molar-refractivity contribution in [2.24, 2.45) is 0 Å². The minimum absolute atomic E-state index is 0.0238. The SMILES string of the molecule is CCn1c(NNC(=O)c2cccc(S(=O)(=O)N3CC(C)OC(C)C3)c2)nc2ccccc2c1=O. The quantitative estimate of drug-likeness (QED) is 0.512. The summed E-state index contributed by atoms with van der Waals surface area (Å²) in [7, 11) is -3.80. The van der Waals surface area contributed by atoms with E-state index in [9.17, 15) is 18.0 Å². The number of hydrazine groups is 1. The van der Waals surface area contributed by atoms with Crippen LogP contribution in [0, 0.1) is 0 Å². The van der Waals surface area contributed by atoms with Crippen LogP contribution in [0.3, 0.4) is 0 Å². The monoisotopic (exact) mass is 485 g/mol. The van der Waals surface area contributed by atoms with Gasteiger partial charge in [0, 0.05) is 25.2 Å². The van der Waals surface area contributed by atoms with Gasteiger partial charge in [0.05, 0.1) is 28.0 Å². The van der Waals surface area contributed by atoms with Crippen molar-refractivity contribution in [2.75, 3.05) is 18.5 Å². The Kier molecular flexibility index (Phi) is 6.69. The van der Waals surface area contributed by atoms with Crippen molar-refractivity contribution in [3.8, 4) is 0 Å². The molecule has 1 aliphatic rings. The van der Waals surface area contributed by atoms with E-state index in [2.05, 4.69) is 15.8 Å². The van der Waals surface area contributed by atoms with Crippen molar-refractivity contribution in [1.29, 1.82) is 0 Å². The number of nitrogens with one attached hydrogen (secondary N) is 2. The molecule has 1 saturated heterocycles. The summed E-state index contributed by atoms with van der Waals surface area (Å²) < 4.78 is 34.7. The molecule has 0 aliphatic carbocycles. The van der Waals surface area contributed by atoms with E-state index < -0.39 is 15.9 Å². The average Bonchev–Trinajstić information content (AvgIpc) is 2.82. The number of para-hydroxylation sites is 1. The number of rotatable bonds is 6. The number of fused-ring (bicyclic) bond motifs is 1. The molecule has 1 aromatic heterocycles. The van der Waals surface area contributed by atoms with Gasteiger partial charge in [-0.2, -0.15) is 4.31 Å². The van der Waals surface area contributed by atoms with Gasteiger partial charge in [-0.1, -0.05) is 18.2 Å². The van der Waals surface area contributed by atoms with Gasteiger partial charge >= 0.3 is 0 Å². The summed E-state index contributed by atoms with van der Waals surface area (Å²) in [6.07, 6.45) is -0.445. The van der Waals surface area contributed by atoms with E-state index in [1.165, 1.54) is 33.1 Å². The highest BCUT2D eigenvalue weighted by molar-refractivity contribution is 7.89. The second-order valence-electron chi connectivity index (χ2n) is 8.19. The summed E-state index contributed by atoms with van der Waals surface area (Å²) in [4.78, 5) is 30.0. The van der Waals surface area contributed by atoms with E-state index in [0.717, 1.165) is 0 Å². The van der Waals surface area contributed by atoms with E-state index in [4.69, 9.17) is 4.74 Å². The summed E-state index contributed by atoms with van der Waals surface area (Å²) in [6, 6.07) is 12.8. The molecular formula is C23H27N5O5S. The van der Waals surface area contributed by atoms with Crippen LogP contribution < -0.4 is 16.4 Å². The third kappa shape index (κ3) is 4.67. The van der Waals surface area contributed by atoms with Crippen LogP contribution >= 0.6 is 0 Å². The third-order valence-corrected chi connectivity index (χ3v) is 7.41. The van der Waals surface area contributed by atoms with E-state index in [1.54, 1.807) is 31.2 Å². The third-order valence-electron chi connectivity index (χ3n) is 5.59. The average molecular weight is 486 g/mol. The number of nitrogens with zero attached hydrogens (tertiary/aromatic N) is 3. The Labute approximate surface area is 197 Å². The molecule has 2 atom stereocenters. The fraction of sp³-hybridized carbons (Fsp3) is 0.348. The molecule has 1 amide bonds. The van der Waals surface area contributed by atoms with Gasteiger partial charge in [0.25, 0.3) is 11.5 Å². The Balaban J connectivity index is 1.55. The summed E-state index contributed by atoms with van der Waals surface area (Å²) in [5.74, 6) is -0.384. The van der Waals surface area contributed by atoms with Crippen LogP contribution in [-0.4, -0.2) is 53.5 Å². The van der Waals surface area contributed by atoms with Crippen LogP contribution in [0.1, 0.15) is 31.1 Å². The van der Waals surface area contributed by atoms with Crippen molar-refractivity contribution >= 4 is 32.8 Å². The molecule has 2 N–H and O–H groups in total. The summed E-state index contributed by atoms with van der Waals surface area (Å²) >= 11 is 0. The van der Waals surface area contributed by atoms with Crippen LogP contribution in [0.5, 0.6) is 0 Å². The van der Waals surface area contributed by atoms with E-state index >= 15 is 0 Å². The second kappa shape index (κ2) is 9.53. The lowest BCUT2D eigenvalue weighted by atomic mass is 10.2. The normalized spacial score (nSPS) is 19.1. The van der Waals surface area contributed by atoms with Crippen molar-refractivity contribution in [1.82, 2.24) is 19.3 Å². The van der Waals surface area contributed by atoms with Gasteiger partial charge in [-0.25, -0.2) is 13.4 Å². The molecule has 11 heteroatoms. The number of amides is 1. The van der Waals surface area contributed by atoms with Gasteiger partial charge in [-0.15, -0.1) is 0 Å². The molecule has 2 aromatic carbocycles. The van der Waals surface area contributed by atoms with Crippen molar-refractivity contribution in [2.45, 2.75) is 44.4 Å². The first kappa shape index (κ1) is 23.9. The molecule has 1 fully saturated rings. The molecule has 1 aliphatic heterocycles. The topological polar surface area (TPSA) is 123 Å². The number of ether oxygens (including phenoxy) is 1. The Hall–Kier alpha value is -3.28. The number of benzene rings is 2. The Morgan fingerprint density at radius 2 is 1.82 bits per heavy atom. The molecule has 3 aromatic rings. The number of carbonyl (C=O) groups excluding carboxylic acids is 1. The van der Waals surface area contributed by atoms with Gasteiger partial charge in [0.15, 0.2) is 0 Å². The van der Waals surface area contributed by atoms with E-state index in [1.807, 2.05) is 13.8 Å². The fourth-order valence-electron chi connectivity index (χ4n) is 4.02. The molecule has 0 radical (unpaired) electrons. The van der Waals surface area contributed by atoms with Crippen LogP contribution in [0.25, 0.3) is 10.9 Å². The number of anilines is 1. The summed E-state index contributed by atoms with van der Waals surface area (Å²) in [6.45, 7) is 6.28. The maximum Gasteiger partial charge on any atom is 0.269 e. The Bertz CT molecular complexity index is 1380. The summed E-state index contributed by atoms with van der Waals surface area (Å²) in [5.41, 5.74) is 5.63. The standard InChI is InChI=1S/C23H27N5O5S/c1-4-28-22(30)19-10-5-6-11-20(19)24-23(28)26-25-21(29)17-8-7-9-18(12-17)34(31,32)27-13-15(2)33-16(3)14-27/h5-12,15-16H,4,13-14H2,1-3H3,(H,24,26)(H,25,29). The number of carbonyl (C=O) groups is 1. The zero-order valence-corrected chi connectivity index (χ0v) is 20.0. The van der Waals surface area contributed by atoms with Gasteiger partial charge in [-0.3, -0.25) is 25.0 Å². The first-order chi connectivity index (χ1) is 16.2. The predicted molar refractivity (Wildman–Crippen MR) is 128 cm³/mol.